The Labute approximate surface area is 134 Å². The fourth-order valence-corrected chi connectivity index (χ4v) is 2.45. The molecular formula is C14H29N3O4Si. The molecule has 0 aromatic carbocycles. The predicted molar refractivity (Wildman–Crippen MR) is 88.3 cm³/mol. The highest BCUT2D eigenvalue weighted by atomic mass is 28.4. The van der Waals surface area contributed by atoms with Gasteiger partial charge in [0.15, 0.2) is 0 Å². The lowest BCUT2D eigenvalue weighted by atomic mass is 10.5. The van der Waals surface area contributed by atoms with Gasteiger partial charge >= 0.3 is 9.05 Å². The van der Waals surface area contributed by atoms with Gasteiger partial charge < -0.3 is 4.43 Å². The predicted octanol–water partition coefficient (Wildman–Crippen LogP) is 2.79. The first-order valence-electron chi connectivity index (χ1n) is 7.27. The second kappa shape index (κ2) is 11.3. The van der Waals surface area contributed by atoms with Crippen LogP contribution in [0.15, 0.2) is 35.3 Å². The third kappa shape index (κ3) is 8.20. The zero-order valence-electron chi connectivity index (χ0n) is 14.6. The maximum atomic E-state index is 5.62. The summed E-state index contributed by atoms with van der Waals surface area (Å²) in [5.41, 5.74) is 10.8. The van der Waals surface area contributed by atoms with Gasteiger partial charge in [0.05, 0.1) is 0 Å². The summed E-state index contributed by atoms with van der Waals surface area (Å²) >= 11 is 0. The van der Waals surface area contributed by atoms with Crippen molar-refractivity contribution in [3.8, 4) is 0 Å². The Hall–Kier alpha value is -1.32. The van der Waals surface area contributed by atoms with E-state index in [4.69, 9.17) is 18.0 Å². The van der Waals surface area contributed by atoms with Crippen molar-refractivity contribution in [3.05, 3.63) is 35.3 Å². The third-order valence-corrected chi connectivity index (χ3v) is 4.33. The molecule has 0 atom stereocenters. The van der Waals surface area contributed by atoms with E-state index < -0.39 is 9.05 Å². The largest absolute Gasteiger partial charge is 0.746 e. The molecule has 0 rings (SSSR count). The maximum absolute atomic E-state index is 5.62. The van der Waals surface area contributed by atoms with Crippen LogP contribution in [0.4, 0.5) is 0 Å². The highest BCUT2D eigenvalue weighted by Crippen LogP contribution is 2.10. The minimum atomic E-state index is -3.49. The van der Waals surface area contributed by atoms with E-state index in [1.165, 1.54) is 0 Å². The first-order chi connectivity index (χ1) is 10.4. The molecule has 0 fully saturated rings. The first-order valence-corrected chi connectivity index (χ1v) is 8.91. The molecule has 0 heterocycles. The van der Waals surface area contributed by atoms with Crippen molar-refractivity contribution in [2.45, 2.75) is 48.5 Å². The lowest BCUT2D eigenvalue weighted by Gasteiger charge is -2.27. The molecule has 0 aromatic heterocycles. The Kier molecular flexibility index (Phi) is 10.6. The second-order valence-electron chi connectivity index (χ2n) is 4.46. The molecule has 7 nitrogen and oxygen atoms in total. The molecule has 0 radical (unpaired) electrons. The molecule has 0 saturated carbocycles. The summed E-state index contributed by atoms with van der Waals surface area (Å²) in [6.07, 6.45) is 5.58. The first kappa shape index (κ1) is 20.7. The van der Waals surface area contributed by atoms with Gasteiger partial charge in [-0.05, 0) is 48.5 Å². The quantitative estimate of drug-likeness (QED) is 0.397. The summed E-state index contributed by atoms with van der Waals surface area (Å²) in [5.74, 6) is 0. The fourth-order valence-electron chi connectivity index (χ4n) is 0.933. The van der Waals surface area contributed by atoms with Gasteiger partial charge in [-0.2, -0.15) is 0 Å². The summed E-state index contributed by atoms with van der Waals surface area (Å²) in [6, 6.07) is 0. The van der Waals surface area contributed by atoms with Crippen molar-refractivity contribution in [1.82, 2.24) is 16.4 Å². The van der Waals surface area contributed by atoms with E-state index in [0.29, 0.717) is 6.61 Å². The van der Waals surface area contributed by atoms with Crippen LogP contribution >= 0.6 is 0 Å². The minimum Gasteiger partial charge on any atom is -0.348 e. The summed E-state index contributed by atoms with van der Waals surface area (Å²) in [6.45, 7) is 13.5. The van der Waals surface area contributed by atoms with Gasteiger partial charge in [-0.25, -0.2) is 13.6 Å². The Balaban J connectivity index is 5.05. The zero-order chi connectivity index (χ0) is 17.0. The van der Waals surface area contributed by atoms with Crippen molar-refractivity contribution in [3.63, 3.8) is 0 Å². The average molecular weight is 331 g/mol. The van der Waals surface area contributed by atoms with Crippen molar-refractivity contribution in [2.75, 3.05) is 6.61 Å². The zero-order valence-corrected chi connectivity index (χ0v) is 15.6. The second-order valence-corrected chi connectivity index (χ2v) is 6.36. The molecule has 8 heteroatoms. The lowest BCUT2D eigenvalue weighted by Crippen LogP contribution is -2.57. The van der Waals surface area contributed by atoms with Crippen LogP contribution in [-0.2, 0) is 18.0 Å². The monoisotopic (exact) mass is 331 g/mol. The summed E-state index contributed by atoms with van der Waals surface area (Å²) in [4.78, 5) is 0. The van der Waals surface area contributed by atoms with E-state index >= 15 is 0 Å². The van der Waals surface area contributed by atoms with E-state index in [-0.39, 0.29) is 0 Å². The standard InChI is InChI=1S/C14H29N3O4Si/c1-8-12(5)15-19-22(18-11-4,20-16-13(6)9-2)21-17-14(7)10-3/h8-10,15-17H,11H2,1-7H3. The van der Waals surface area contributed by atoms with E-state index in [1.807, 2.05) is 66.7 Å². The number of hydroxylamine groups is 3. The van der Waals surface area contributed by atoms with Gasteiger partial charge in [-0.15, -0.1) is 0 Å². The lowest BCUT2D eigenvalue weighted by molar-refractivity contribution is -0.0897. The smallest absolute Gasteiger partial charge is 0.348 e. The van der Waals surface area contributed by atoms with Crippen LogP contribution in [-0.4, -0.2) is 15.7 Å². The van der Waals surface area contributed by atoms with Crippen molar-refractivity contribution < 1.29 is 18.0 Å². The normalized spacial score (nSPS) is 16.2. The van der Waals surface area contributed by atoms with E-state index in [9.17, 15) is 0 Å². The van der Waals surface area contributed by atoms with Crippen LogP contribution < -0.4 is 16.4 Å². The average Bonchev–Trinajstić information content (AvgIpc) is 2.54. The number of nitrogens with one attached hydrogen (secondary N) is 3. The van der Waals surface area contributed by atoms with E-state index in [2.05, 4.69) is 16.4 Å². The molecule has 128 valence electrons. The maximum Gasteiger partial charge on any atom is 0.746 e. The highest BCUT2D eigenvalue weighted by molar-refractivity contribution is 6.53. The van der Waals surface area contributed by atoms with Gasteiger partial charge in [0, 0.05) is 23.7 Å². The number of rotatable bonds is 11. The molecule has 0 spiro atoms. The Morgan fingerprint density at radius 3 is 1.32 bits per heavy atom. The summed E-state index contributed by atoms with van der Waals surface area (Å²) in [5, 5.41) is 0. The number of allylic oxidation sites excluding steroid dienone is 6. The van der Waals surface area contributed by atoms with Gasteiger partial charge in [-0.1, -0.05) is 18.2 Å². The van der Waals surface area contributed by atoms with Crippen LogP contribution in [0.2, 0.25) is 0 Å². The van der Waals surface area contributed by atoms with E-state index in [0.717, 1.165) is 17.1 Å². The molecule has 0 aliphatic carbocycles. The minimum absolute atomic E-state index is 0.371. The van der Waals surface area contributed by atoms with Gasteiger partial charge in [-0.3, -0.25) is 16.4 Å². The number of hydrogen-bond acceptors (Lipinski definition) is 7. The van der Waals surface area contributed by atoms with Crippen LogP contribution in [0.1, 0.15) is 48.5 Å². The molecule has 0 aliphatic heterocycles. The Morgan fingerprint density at radius 1 is 0.773 bits per heavy atom. The van der Waals surface area contributed by atoms with Crippen LogP contribution in [0.3, 0.4) is 0 Å². The van der Waals surface area contributed by atoms with Crippen LogP contribution in [0.5, 0.6) is 0 Å². The fraction of sp³-hybridized carbons (Fsp3) is 0.571. The van der Waals surface area contributed by atoms with Crippen molar-refractivity contribution in [1.29, 1.82) is 0 Å². The molecular weight excluding hydrogens is 302 g/mol. The molecule has 22 heavy (non-hydrogen) atoms. The topological polar surface area (TPSA) is 73.0 Å². The van der Waals surface area contributed by atoms with Gasteiger partial charge in [0.25, 0.3) is 0 Å². The van der Waals surface area contributed by atoms with Gasteiger partial charge in [0.1, 0.15) is 0 Å². The summed E-state index contributed by atoms with van der Waals surface area (Å²) < 4.78 is 22.4. The highest BCUT2D eigenvalue weighted by Gasteiger charge is 2.50. The molecule has 0 aliphatic rings. The van der Waals surface area contributed by atoms with Crippen molar-refractivity contribution in [2.24, 2.45) is 0 Å². The van der Waals surface area contributed by atoms with Crippen LogP contribution in [0.25, 0.3) is 0 Å². The van der Waals surface area contributed by atoms with Crippen LogP contribution in [0, 0.1) is 0 Å². The SMILES string of the molecule is CC=C(C)NO[Si](OCC)(ONC(C)=CC)ONC(C)=CC. The molecule has 3 N–H and O–H groups in total. The molecule has 0 unspecified atom stereocenters. The molecule has 0 saturated heterocycles. The molecule has 0 aromatic rings. The molecule has 0 amide bonds. The van der Waals surface area contributed by atoms with Crippen molar-refractivity contribution >= 4 is 9.05 Å². The third-order valence-electron chi connectivity index (χ3n) is 2.63. The van der Waals surface area contributed by atoms with E-state index in [1.54, 1.807) is 0 Å². The summed E-state index contributed by atoms with van der Waals surface area (Å²) in [7, 11) is -3.49. The Bertz CT molecular complexity index is 356. The number of hydrogen-bond donors (Lipinski definition) is 3. The van der Waals surface area contributed by atoms with Gasteiger partial charge in [0.2, 0.25) is 0 Å². The Morgan fingerprint density at radius 2 is 1.09 bits per heavy atom. The molecule has 0 bridgehead atoms.